The summed E-state index contributed by atoms with van der Waals surface area (Å²) < 4.78 is 0.676. The highest BCUT2D eigenvalue weighted by atomic mass is 79.9. The first-order valence-electron chi connectivity index (χ1n) is 4.80. The van der Waals surface area contributed by atoms with Crippen LogP contribution in [0.3, 0.4) is 0 Å². The van der Waals surface area contributed by atoms with E-state index in [1.807, 2.05) is 0 Å². The maximum absolute atomic E-state index is 12.0. The molecule has 0 bridgehead atoms. The molecule has 2 aromatic heterocycles. The molecule has 0 aliphatic carbocycles. The quantitative estimate of drug-likeness (QED) is 0.841. The van der Waals surface area contributed by atoms with Crippen LogP contribution in [-0.2, 0) is 0 Å². The van der Waals surface area contributed by atoms with Gasteiger partial charge < -0.3 is 5.32 Å². The lowest BCUT2D eigenvalue weighted by molar-refractivity contribution is 0.102. The number of halogens is 3. The molecular formula is C11H6BrCl2N3O. The maximum Gasteiger partial charge on any atom is 0.257 e. The average molecular weight is 347 g/mol. The van der Waals surface area contributed by atoms with Gasteiger partial charge >= 0.3 is 0 Å². The van der Waals surface area contributed by atoms with Crippen LogP contribution in [0.5, 0.6) is 0 Å². The van der Waals surface area contributed by atoms with Crippen LogP contribution in [0, 0.1) is 0 Å². The molecular weight excluding hydrogens is 341 g/mol. The molecule has 1 N–H and O–H groups in total. The molecule has 2 heterocycles. The van der Waals surface area contributed by atoms with E-state index >= 15 is 0 Å². The lowest BCUT2D eigenvalue weighted by Crippen LogP contribution is -2.13. The minimum absolute atomic E-state index is 0.207. The third-order valence-corrected chi connectivity index (χ3v) is 3.23. The second-order valence-corrected chi connectivity index (χ2v) is 4.95. The van der Waals surface area contributed by atoms with Crippen molar-refractivity contribution in [3.8, 4) is 0 Å². The fourth-order valence-electron chi connectivity index (χ4n) is 1.25. The third kappa shape index (κ3) is 2.98. The number of carbonyl (C=O) groups is 1. The molecule has 0 saturated heterocycles. The second-order valence-electron chi connectivity index (χ2n) is 3.30. The Morgan fingerprint density at radius 1 is 1.33 bits per heavy atom. The summed E-state index contributed by atoms with van der Waals surface area (Å²) in [7, 11) is 0. The summed E-state index contributed by atoms with van der Waals surface area (Å²) in [5, 5.41) is 3.14. The van der Waals surface area contributed by atoms with Crippen molar-refractivity contribution in [3.05, 3.63) is 50.9 Å². The number of pyridine rings is 2. The minimum atomic E-state index is -0.365. The molecule has 4 nitrogen and oxygen atoms in total. The van der Waals surface area contributed by atoms with Crippen molar-refractivity contribution in [3.63, 3.8) is 0 Å². The SMILES string of the molecule is O=C(Nc1ccncc1Br)c1cc(Cl)ncc1Cl. The van der Waals surface area contributed by atoms with E-state index in [0.717, 1.165) is 0 Å². The van der Waals surface area contributed by atoms with Crippen LogP contribution in [0.15, 0.2) is 35.2 Å². The van der Waals surface area contributed by atoms with Crippen molar-refractivity contribution in [1.29, 1.82) is 0 Å². The molecule has 7 heteroatoms. The predicted molar refractivity (Wildman–Crippen MR) is 74.1 cm³/mol. The van der Waals surface area contributed by atoms with Crippen LogP contribution in [-0.4, -0.2) is 15.9 Å². The molecule has 0 fully saturated rings. The first-order chi connectivity index (χ1) is 8.58. The Kier molecular flexibility index (Phi) is 4.16. The van der Waals surface area contributed by atoms with E-state index in [9.17, 15) is 4.79 Å². The zero-order valence-electron chi connectivity index (χ0n) is 8.82. The lowest BCUT2D eigenvalue weighted by Gasteiger charge is -2.08. The average Bonchev–Trinajstić information content (AvgIpc) is 2.35. The van der Waals surface area contributed by atoms with Crippen molar-refractivity contribution < 1.29 is 4.79 Å². The first-order valence-corrected chi connectivity index (χ1v) is 6.34. The first kappa shape index (κ1) is 13.3. The van der Waals surface area contributed by atoms with E-state index in [2.05, 4.69) is 31.2 Å². The Hall–Kier alpha value is -1.17. The van der Waals surface area contributed by atoms with Crippen LogP contribution in [0.25, 0.3) is 0 Å². The normalized spacial score (nSPS) is 10.2. The maximum atomic E-state index is 12.0. The molecule has 0 saturated carbocycles. The number of hydrogen-bond acceptors (Lipinski definition) is 3. The molecule has 92 valence electrons. The van der Waals surface area contributed by atoms with E-state index in [1.165, 1.54) is 12.3 Å². The largest absolute Gasteiger partial charge is 0.321 e. The van der Waals surface area contributed by atoms with Gasteiger partial charge in [-0.25, -0.2) is 4.98 Å². The molecule has 2 aromatic rings. The number of carbonyl (C=O) groups excluding carboxylic acids is 1. The Morgan fingerprint density at radius 3 is 2.83 bits per heavy atom. The highest BCUT2D eigenvalue weighted by Crippen LogP contribution is 2.23. The molecule has 0 aliphatic heterocycles. The summed E-state index contributed by atoms with van der Waals surface area (Å²) in [5.41, 5.74) is 0.861. The highest BCUT2D eigenvalue weighted by Gasteiger charge is 2.13. The van der Waals surface area contributed by atoms with E-state index in [-0.39, 0.29) is 21.6 Å². The summed E-state index contributed by atoms with van der Waals surface area (Å²) in [5.74, 6) is -0.365. The zero-order chi connectivity index (χ0) is 13.1. The van der Waals surface area contributed by atoms with Gasteiger partial charge in [-0.1, -0.05) is 23.2 Å². The Labute approximate surface area is 121 Å². The van der Waals surface area contributed by atoms with Crippen molar-refractivity contribution >= 4 is 50.7 Å². The number of rotatable bonds is 2. The van der Waals surface area contributed by atoms with Gasteiger partial charge in [-0.05, 0) is 28.1 Å². The Morgan fingerprint density at radius 2 is 2.11 bits per heavy atom. The predicted octanol–water partition coefficient (Wildman–Crippen LogP) is 3.80. The van der Waals surface area contributed by atoms with Gasteiger partial charge in [-0.3, -0.25) is 9.78 Å². The van der Waals surface area contributed by atoms with Gasteiger partial charge in [0.05, 0.1) is 20.7 Å². The van der Waals surface area contributed by atoms with E-state index < -0.39 is 0 Å². The molecule has 1 amide bonds. The summed E-state index contributed by atoms with van der Waals surface area (Å²) >= 11 is 14.9. The lowest BCUT2D eigenvalue weighted by atomic mass is 10.2. The highest BCUT2D eigenvalue weighted by molar-refractivity contribution is 9.10. The fourth-order valence-corrected chi connectivity index (χ4v) is 1.95. The second kappa shape index (κ2) is 5.65. The van der Waals surface area contributed by atoms with Gasteiger partial charge in [-0.15, -0.1) is 0 Å². The van der Waals surface area contributed by atoms with Crippen LogP contribution in [0.4, 0.5) is 5.69 Å². The summed E-state index contributed by atoms with van der Waals surface area (Å²) in [6, 6.07) is 3.08. The zero-order valence-corrected chi connectivity index (χ0v) is 11.9. The van der Waals surface area contributed by atoms with Crippen LogP contribution in [0.2, 0.25) is 10.2 Å². The Balaban J connectivity index is 2.28. The number of hydrogen-bond donors (Lipinski definition) is 1. The van der Waals surface area contributed by atoms with Crippen LogP contribution in [0.1, 0.15) is 10.4 Å². The van der Waals surface area contributed by atoms with Crippen molar-refractivity contribution in [2.75, 3.05) is 5.32 Å². The molecule has 18 heavy (non-hydrogen) atoms. The van der Waals surface area contributed by atoms with Gasteiger partial charge in [0.2, 0.25) is 0 Å². The number of nitrogens with one attached hydrogen (secondary N) is 1. The van der Waals surface area contributed by atoms with Crippen LogP contribution < -0.4 is 5.32 Å². The fraction of sp³-hybridized carbons (Fsp3) is 0. The van der Waals surface area contributed by atoms with Gasteiger partial charge in [0.25, 0.3) is 5.91 Å². The van der Waals surface area contributed by atoms with Crippen molar-refractivity contribution in [2.24, 2.45) is 0 Å². The monoisotopic (exact) mass is 345 g/mol. The van der Waals surface area contributed by atoms with Crippen LogP contribution >= 0.6 is 39.1 Å². The summed E-state index contributed by atoms with van der Waals surface area (Å²) in [6.07, 6.45) is 4.48. The number of nitrogens with zero attached hydrogens (tertiary/aromatic N) is 2. The summed E-state index contributed by atoms with van der Waals surface area (Å²) in [4.78, 5) is 19.7. The van der Waals surface area contributed by atoms with E-state index in [1.54, 1.807) is 18.5 Å². The summed E-state index contributed by atoms with van der Waals surface area (Å²) in [6.45, 7) is 0. The number of aromatic nitrogens is 2. The molecule has 2 rings (SSSR count). The smallest absolute Gasteiger partial charge is 0.257 e. The molecule has 0 aromatic carbocycles. The Bertz CT molecular complexity index is 607. The number of amides is 1. The van der Waals surface area contributed by atoms with Gasteiger partial charge in [0.1, 0.15) is 5.15 Å². The molecule has 0 spiro atoms. The van der Waals surface area contributed by atoms with E-state index in [4.69, 9.17) is 23.2 Å². The molecule has 0 atom stereocenters. The van der Waals surface area contributed by atoms with Crippen molar-refractivity contribution in [2.45, 2.75) is 0 Å². The topological polar surface area (TPSA) is 54.9 Å². The third-order valence-electron chi connectivity index (χ3n) is 2.09. The van der Waals surface area contributed by atoms with Gasteiger partial charge in [-0.2, -0.15) is 0 Å². The van der Waals surface area contributed by atoms with Gasteiger partial charge in [0.15, 0.2) is 0 Å². The minimum Gasteiger partial charge on any atom is -0.321 e. The van der Waals surface area contributed by atoms with E-state index in [0.29, 0.717) is 10.2 Å². The molecule has 0 unspecified atom stereocenters. The molecule has 0 radical (unpaired) electrons. The standard InChI is InChI=1S/C11H6BrCl2N3O/c12-7-4-15-2-1-9(7)17-11(18)6-3-10(14)16-5-8(6)13/h1-5H,(H,15,17,18). The molecule has 0 aliphatic rings. The number of anilines is 1. The van der Waals surface area contributed by atoms with Crippen molar-refractivity contribution in [1.82, 2.24) is 9.97 Å². The van der Waals surface area contributed by atoms with Gasteiger partial charge in [0, 0.05) is 18.6 Å².